The molecule has 2 aromatic carbocycles. The topological polar surface area (TPSA) is 107 Å². The standard InChI is InChI=1S/C26H28N2O8/c1-3-34-25-22(35-24(30)19-12-8-5-9-13-19)21(32-2)23(36-25)27-15-14-20(29)28(26(27)31)17-33-16-18-10-6-4-7-11-18/h4-15,21-23,25H,3,16-17H2,1-2H3/t21?,22-,23-,25+/m1/s1. The fourth-order valence-corrected chi connectivity index (χ4v) is 3.94. The van der Waals surface area contributed by atoms with Gasteiger partial charge in [0.25, 0.3) is 5.56 Å². The van der Waals surface area contributed by atoms with Gasteiger partial charge in [-0.2, -0.15) is 0 Å². The van der Waals surface area contributed by atoms with E-state index < -0.39 is 41.9 Å². The van der Waals surface area contributed by atoms with E-state index >= 15 is 0 Å². The Morgan fingerprint density at radius 3 is 2.33 bits per heavy atom. The van der Waals surface area contributed by atoms with E-state index in [2.05, 4.69) is 0 Å². The number of benzene rings is 2. The molecular formula is C26H28N2O8. The molecule has 0 amide bonds. The number of carbonyl (C=O) groups is 1. The van der Waals surface area contributed by atoms with Crippen molar-refractivity contribution in [2.75, 3.05) is 13.7 Å². The van der Waals surface area contributed by atoms with E-state index in [4.69, 9.17) is 23.7 Å². The van der Waals surface area contributed by atoms with Gasteiger partial charge < -0.3 is 23.7 Å². The van der Waals surface area contributed by atoms with Crippen molar-refractivity contribution in [3.05, 3.63) is 105 Å². The molecule has 10 heteroatoms. The molecule has 10 nitrogen and oxygen atoms in total. The van der Waals surface area contributed by atoms with Gasteiger partial charge in [-0.3, -0.25) is 9.36 Å². The molecule has 190 valence electrons. The van der Waals surface area contributed by atoms with Crippen LogP contribution < -0.4 is 11.2 Å². The molecular weight excluding hydrogens is 468 g/mol. The zero-order valence-corrected chi connectivity index (χ0v) is 20.0. The van der Waals surface area contributed by atoms with Crippen LogP contribution in [0.3, 0.4) is 0 Å². The molecule has 1 saturated heterocycles. The van der Waals surface area contributed by atoms with Crippen LogP contribution >= 0.6 is 0 Å². The van der Waals surface area contributed by atoms with Crippen LogP contribution in [0.5, 0.6) is 0 Å². The van der Waals surface area contributed by atoms with Gasteiger partial charge in [0.15, 0.2) is 18.6 Å². The summed E-state index contributed by atoms with van der Waals surface area (Å²) in [6.07, 6.45) is -2.54. The van der Waals surface area contributed by atoms with Crippen molar-refractivity contribution in [2.45, 2.75) is 45.0 Å². The highest BCUT2D eigenvalue weighted by Gasteiger charge is 2.49. The van der Waals surface area contributed by atoms with Crippen LogP contribution in [-0.2, 0) is 37.0 Å². The largest absolute Gasteiger partial charge is 0.450 e. The zero-order chi connectivity index (χ0) is 25.5. The van der Waals surface area contributed by atoms with Crippen molar-refractivity contribution in [1.82, 2.24) is 9.13 Å². The van der Waals surface area contributed by atoms with E-state index in [-0.39, 0.29) is 19.9 Å². The number of hydrogen-bond donors (Lipinski definition) is 0. The van der Waals surface area contributed by atoms with Crippen LogP contribution in [0.4, 0.5) is 0 Å². The maximum absolute atomic E-state index is 13.3. The zero-order valence-electron chi connectivity index (χ0n) is 20.0. The van der Waals surface area contributed by atoms with Crippen molar-refractivity contribution < 1.29 is 28.5 Å². The van der Waals surface area contributed by atoms with Gasteiger partial charge in [0.1, 0.15) is 12.8 Å². The highest BCUT2D eigenvalue weighted by Crippen LogP contribution is 2.33. The average Bonchev–Trinajstić information content (AvgIpc) is 3.23. The number of ether oxygens (including phenoxy) is 5. The normalized spacial score (nSPS) is 21.4. The molecule has 1 aromatic heterocycles. The number of nitrogens with zero attached hydrogens (tertiary/aromatic N) is 2. The first-order valence-electron chi connectivity index (χ1n) is 11.5. The number of esters is 1. The minimum absolute atomic E-state index is 0.228. The van der Waals surface area contributed by atoms with Crippen molar-refractivity contribution in [1.29, 1.82) is 0 Å². The van der Waals surface area contributed by atoms with E-state index in [1.165, 1.54) is 23.9 Å². The molecule has 1 fully saturated rings. The molecule has 0 bridgehead atoms. The summed E-state index contributed by atoms with van der Waals surface area (Å²) < 4.78 is 30.7. The smallest absolute Gasteiger partial charge is 0.338 e. The number of hydrogen-bond acceptors (Lipinski definition) is 8. The lowest BCUT2D eigenvalue weighted by Crippen LogP contribution is -2.44. The van der Waals surface area contributed by atoms with Crippen molar-refractivity contribution in [2.24, 2.45) is 0 Å². The first kappa shape index (κ1) is 25.5. The molecule has 36 heavy (non-hydrogen) atoms. The maximum Gasteiger partial charge on any atom is 0.338 e. The quantitative estimate of drug-likeness (QED) is 0.394. The van der Waals surface area contributed by atoms with E-state index in [1.54, 1.807) is 37.3 Å². The second-order valence-electron chi connectivity index (χ2n) is 8.02. The highest BCUT2D eigenvalue weighted by molar-refractivity contribution is 5.89. The summed E-state index contributed by atoms with van der Waals surface area (Å²) in [6.45, 7) is 2.02. The Balaban J connectivity index is 1.56. The number of rotatable bonds is 10. The van der Waals surface area contributed by atoms with Crippen LogP contribution in [0.2, 0.25) is 0 Å². The third-order valence-corrected chi connectivity index (χ3v) is 5.70. The summed E-state index contributed by atoms with van der Waals surface area (Å²) in [5.41, 5.74) is 0.0768. The summed E-state index contributed by atoms with van der Waals surface area (Å²) in [5.74, 6) is -0.580. The van der Waals surface area contributed by atoms with E-state index in [1.807, 2.05) is 30.3 Å². The molecule has 0 spiro atoms. The molecule has 2 heterocycles. The molecule has 0 radical (unpaired) electrons. The summed E-state index contributed by atoms with van der Waals surface area (Å²) in [7, 11) is 1.42. The van der Waals surface area contributed by atoms with Gasteiger partial charge in [0.05, 0.1) is 12.2 Å². The minimum atomic E-state index is -1.02. The molecule has 1 unspecified atom stereocenters. The van der Waals surface area contributed by atoms with Crippen LogP contribution in [0.15, 0.2) is 82.5 Å². The van der Waals surface area contributed by atoms with Gasteiger partial charge in [-0.05, 0) is 24.6 Å². The fraction of sp³-hybridized carbons (Fsp3) is 0.346. The Labute approximate surface area is 207 Å². The molecule has 1 aliphatic heterocycles. The number of carbonyl (C=O) groups excluding carboxylic acids is 1. The highest BCUT2D eigenvalue weighted by atomic mass is 16.7. The van der Waals surface area contributed by atoms with Crippen LogP contribution in [0.1, 0.15) is 29.1 Å². The van der Waals surface area contributed by atoms with Gasteiger partial charge in [0, 0.05) is 26.0 Å². The summed E-state index contributed by atoms with van der Waals surface area (Å²) in [6, 6.07) is 19.1. The minimum Gasteiger partial charge on any atom is -0.450 e. The van der Waals surface area contributed by atoms with Gasteiger partial charge in [0.2, 0.25) is 0 Å². The van der Waals surface area contributed by atoms with Crippen molar-refractivity contribution >= 4 is 5.97 Å². The van der Waals surface area contributed by atoms with Crippen molar-refractivity contribution in [3.63, 3.8) is 0 Å². The fourth-order valence-electron chi connectivity index (χ4n) is 3.94. The van der Waals surface area contributed by atoms with E-state index in [0.717, 1.165) is 10.1 Å². The Morgan fingerprint density at radius 2 is 1.67 bits per heavy atom. The van der Waals surface area contributed by atoms with Gasteiger partial charge in [-0.1, -0.05) is 48.5 Å². The van der Waals surface area contributed by atoms with E-state index in [9.17, 15) is 14.4 Å². The van der Waals surface area contributed by atoms with Crippen LogP contribution in [0, 0.1) is 0 Å². The molecule has 0 saturated carbocycles. The second-order valence-corrected chi connectivity index (χ2v) is 8.02. The Kier molecular flexibility index (Phi) is 8.44. The third-order valence-electron chi connectivity index (χ3n) is 5.70. The number of aromatic nitrogens is 2. The lowest BCUT2D eigenvalue weighted by Gasteiger charge is -2.23. The molecule has 0 aliphatic carbocycles. The molecule has 4 rings (SSSR count). The lowest BCUT2D eigenvalue weighted by molar-refractivity contribution is -0.175. The molecule has 3 aromatic rings. The molecule has 0 N–H and O–H groups in total. The Morgan fingerprint density at radius 1 is 0.972 bits per heavy atom. The van der Waals surface area contributed by atoms with Gasteiger partial charge in [-0.25, -0.2) is 14.2 Å². The Bertz CT molecular complexity index is 1260. The first-order chi connectivity index (χ1) is 17.5. The maximum atomic E-state index is 13.3. The number of methoxy groups -OCH3 is 1. The van der Waals surface area contributed by atoms with Gasteiger partial charge in [-0.15, -0.1) is 0 Å². The van der Waals surface area contributed by atoms with Crippen LogP contribution in [0.25, 0.3) is 0 Å². The SMILES string of the molecule is CCO[C@H]1O[C@@H](n2ccc(=O)n(COCc3ccccc3)c2=O)C(OC)[C@H]1OC(=O)c1ccccc1. The van der Waals surface area contributed by atoms with E-state index in [0.29, 0.717) is 5.56 Å². The van der Waals surface area contributed by atoms with Crippen molar-refractivity contribution in [3.8, 4) is 0 Å². The summed E-state index contributed by atoms with van der Waals surface area (Å²) in [4.78, 5) is 38.4. The summed E-state index contributed by atoms with van der Waals surface area (Å²) >= 11 is 0. The lowest BCUT2D eigenvalue weighted by atomic mass is 10.2. The average molecular weight is 497 g/mol. The molecule has 1 aliphatic rings. The van der Waals surface area contributed by atoms with Crippen LogP contribution in [-0.4, -0.2) is 47.3 Å². The molecule has 4 atom stereocenters. The predicted octanol–water partition coefficient (Wildman–Crippen LogP) is 2.32. The second kappa shape index (κ2) is 11.9. The van der Waals surface area contributed by atoms with Gasteiger partial charge >= 0.3 is 11.7 Å². The summed E-state index contributed by atoms with van der Waals surface area (Å²) in [5, 5.41) is 0. The first-order valence-corrected chi connectivity index (χ1v) is 11.5. The Hall–Kier alpha value is -3.57. The monoisotopic (exact) mass is 496 g/mol. The predicted molar refractivity (Wildman–Crippen MR) is 128 cm³/mol. The third kappa shape index (κ3) is 5.63.